The Hall–Kier alpha value is -4.69. The highest BCUT2D eigenvalue weighted by Crippen LogP contribution is 2.42. The summed E-state index contributed by atoms with van der Waals surface area (Å²) in [5.41, 5.74) is 3.36. The van der Waals surface area contributed by atoms with Crippen molar-refractivity contribution in [3.63, 3.8) is 0 Å². The Kier molecular flexibility index (Phi) is 4.24. The van der Waals surface area contributed by atoms with Crippen LogP contribution in [-0.2, 0) is 6.42 Å². The highest BCUT2D eigenvalue weighted by molar-refractivity contribution is 6.33. The maximum atomic E-state index is 5.02. The van der Waals surface area contributed by atoms with Gasteiger partial charge >= 0.3 is 0 Å². The Morgan fingerprint density at radius 1 is 0.514 bits per heavy atom. The Balaban J connectivity index is 1.74. The molecule has 0 aliphatic carbocycles. The van der Waals surface area contributed by atoms with E-state index in [1.165, 1.54) is 59.5 Å². The minimum Gasteiger partial charge on any atom is -0.296 e. The second-order valence-electron chi connectivity index (χ2n) is 9.82. The Bertz CT molecular complexity index is 2180. The van der Waals surface area contributed by atoms with Crippen LogP contribution in [0.1, 0.15) is 12.7 Å². The van der Waals surface area contributed by atoms with Crippen LogP contribution in [0.4, 0.5) is 0 Å². The Morgan fingerprint density at radius 3 is 1.78 bits per heavy atom. The number of imidazole rings is 1. The Labute approximate surface area is 214 Å². The second kappa shape index (κ2) is 7.65. The summed E-state index contributed by atoms with van der Waals surface area (Å²) in [5, 5.41) is 12.8. The number of nitrogens with zero attached hydrogens (tertiary/aromatic N) is 2. The van der Waals surface area contributed by atoms with Gasteiger partial charge in [0, 0.05) is 11.8 Å². The standard InChI is InChI=1S/C35H24N2/c1-2-32-36-29-17-5-6-18-30(29)37(32)31-19-9-16-28-27-15-8-11-23-21-20-22-10-7-14-25(33(22)34(23)27)24-12-3-4-13-26(24)35(28)31/h3-21H,2H2,1H3. The molecule has 8 rings (SSSR count). The van der Waals surface area contributed by atoms with Crippen LogP contribution in [0.15, 0.2) is 115 Å². The first kappa shape index (κ1) is 20.5. The fraction of sp³-hybridized carbons (Fsp3) is 0.0571. The molecule has 0 saturated carbocycles. The summed E-state index contributed by atoms with van der Waals surface area (Å²) in [5.74, 6) is 1.08. The van der Waals surface area contributed by atoms with Gasteiger partial charge in [-0.05, 0) is 66.7 Å². The zero-order valence-electron chi connectivity index (χ0n) is 20.6. The predicted molar refractivity (Wildman–Crippen MR) is 158 cm³/mol. The van der Waals surface area contributed by atoms with Crippen LogP contribution in [-0.4, -0.2) is 9.55 Å². The first-order chi connectivity index (χ1) is 18.3. The second-order valence-corrected chi connectivity index (χ2v) is 9.82. The molecule has 1 aromatic heterocycles. The van der Waals surface area contributed by atoms with Crippen LogP contribution in [0.25, 0.3) is 70.6 Å². The molecule has 0 atom stereocenters. The van der Waals surface area contributed by atoms with Crippen LogP contribution in [0.2, 0.25) is 0 Å². The number of para-hydroxylation sites is 2. The van der Waals surface area contributed by atoms with Crippen molar-refractivity contribution in [1.82, 2.24) is 9.55 Å². The van der Waals surface area contributed by atoms with Gasteiger partial charge in [-0.1, -0.05) is 104 Å². The van der Waals surface area contributed by atoms with Crippen LogP contribution < -0.4 is 0 Å². The van der Waals surface area contributed by atoms with Crippen molar-refractivity contribution in [2.75, 3.05) is 0 Å². The zero-order valence-corrected chi connectivity index (χ0v) is 20.6. The summed E-state index contributed by atoms with van der Waals surface area (Å²) in [6.07, 6.45) is 0.859. The van der Waals surface area contributed by atoms with Crippen LogP contribution in [0.3, 0.4) is 0 Å². The fourth-order valence-electron chi connectivity index (χ4n) is 6.36. The van der Waals surface area contributed by atoms with E-state index < -0.39 is 0 Å². The van der Waals surface area contributed by atoms with E-state index in [-0.39, 0.29) is 0 Å². The van der Waals surface area contributed by atoms with Gasteiger partial charge in [0.05, 0.1) is 16.7 Å². The molecule has 0 N–H and O–H groups in total. The largest absolute Gasteiger partial charge is 0.296 e. The fourth-order valence-corrected chi connectivity index (χ4v) is 6.36. The van der Waals surface area contributed by atoms with E-state index in [0.29, 0.717) is 0 Å². The van der Waals surface area contributed by atoms with Crippen molar-refractivity contribution in [1.29, 1.82) is 0 Å². The predicted octanol–water partition coefficient (Wildman–Crippen LogP) is 9.35. The third kappa shape index (κ3) is 2.78. The lowest BCUT2D eigenvalue weighted by Crippen LogP contribution is -2.01. The summed E-state index contributed by atoms with van der Waals surface area (Å²) >= 11 is 0. The number of benzene rings is 6. The first-order valence-corrected chi connectivity index (χ1v) is 13.0. The molecule has 8 aromatic rings. The molecule has 0 bridgehead atoms. The quantitative estimate of drug-likeness (QED) is 0.229. The molecule has 0 aliphatic rings. The first-order valence-electron chi connectivity index (χ1n) is 13.0. The average molecular weight is 473 g/mol. The lowest BCUT2D eigenvalue weighted by molar-refractivity contribution is 0.913. The maximum Gasteiger partial charge on any atom is 0.114 e. The molecule has 7 aromatic carbocycles. The number of hydrogen-bond donors (Lipinski definition) is 0. The maximum absolute atomic E-state index is 5.02. The van der Waals surface area contributed by atoms with Gasteiger partial charge in [0.25, 0.3) is 0 Å². The van der Waals surface area contributed by atoms with Crippen LogP contribution in [0.5, 0.6) is 0 Å². The summed E-state index contributed by atoms with van der Waals surface area (Å²) in [6.45, 7) is 2.19. The molecule has 0 spiro atoms. The van der Waals surface area contributed by atoms with Crippen LogP contribution in [0, 0.1) is 0 Å². The van der Waals surface area contributed by atoms with Crippen molar-refractivity contribution in [2.24, 2.45) is 0 Å². The van der Waals surface area contributed by atoms with Gasteiger partial charge in [-0.15, -0.1) is 0 Å². The van der Waals surface area contributed by atoms with Gasteiger partial charge in [0.15, 0.2) is 0 Å². The van der Waals surface area contributed by atoms with E-state index in [1.807, 2.05) is 0 Å². The van der Waals surface area contributed by atoms with E-state index in [4.69, 9.17) is 4.98 Å². The topological polar surface area (TPSA) is 17.8 Å². The average Bonchev–Trinajstić information content (AvgIpc) is 3.34. The highest BCUT2D eigenvalue weighted by atomic mass is 15.1. The molecule has 2 nitrogen and oxygen atoms in total. The summed E-state index contributed by atoms with van der Waals surface area (Å²) in [4.78, 5) is 5.02. The third-order valence-corrected chi connectivity index (χ3v) is 7.89. The molecular formula is C35H24N2. The van der Waals surface area contributed by atoms with Gasteiger partial charge in [0.2, 0.25) is 0 Å². The lowest BCUT2D eigenvalue weighted by atomic mass is 9.90. The molecule has 0 fully saturated rings. The van der Waals surface area contributed by atoms with Crippen molar-refractivity contribution in [3.05, 3.63) is 121 Å². The normalized spacial score (nSPS) is 12.0. The van der Waals surface area contributed by atoms with E-state index in [2.05, 4.69) is 127 Å². The highest BCUT2D eigenvalue weighted by Gasteiger charge is 2.17. The molecule has 37 heavy (non-hydrogen) atoms. The van der Waals surface area contributed by atoms with E-state index in [9.17, 15) is 0 Å². The number of fused-ring (bicyclic) bond motifs is 6. The molecule has 0 radical (unpaired) electrons. The van der Waals surface area contributed by atoms with Gasteiger partial charge in [-0.25, -0.2) is 4.98 Å². The van der Waals surface area contributed by atoms with Crippen molar-refractivity contribution in [3.8, 4) is 5.69 Å². The van der Waals surface area contributed by atoms with Gasteiger partial charge in [-0.2, -0.15) is 0 Å². The number of aryl methyl sites for hydroxylation is 1. The molecule has 0 aliphatic heterocycles. The molecule has 0 saturated heterocycles. The number of rotatable bonds is 2. The van der Waals surface area contributed by atoms with Crippen LogP contribution >= 0.6 is 0 Å². The Morgan fingerprint density at radius 2 is 1.05 bits per heavy atom. The summed E-state index contributed by atoms with van der Waals surface area (Å²) in [6, 6.07) is 42.1. The van der Waals surface area contributed by atoms with Crippen molar-refractivity contribution >= 4 is 64.9 Å². The third-order valence-electron chi connectivity index (χ3n) is 7.89. The summed E-state index contributed by atoms with van der Waals surface area (Å²) in [7, 11) is 0. The lowest BCUT2D eigenvalue weighted by Gasteiger charge is -2.17. The molecule has 1 heterocycles. The molecule has 174 valence electrons. The van der Waals surface area contributed by atoms with Gasteiger partial charge in [0.1, 0.15) is 5.82 Å². The zero-order chi connectivity index (χ0) is 24.5. The number of aromatic nitrogens is 2. The van der Waals surface area contributed by atoms with Crippen molar-refractivity contribution in [2.45, 2.75) is 13.3 Å². The van der Waals surface area contributed by atoms with E-state index >= 15 is 0 Å². The molecule has 2 heteroatoms. The SMILES string of the molecule is CCc1nc2ccccc2n1-c1cccc2c3cccc4ccc5cccc(c6ccccc6c12)c5c43. The number of hydrogen-bond acceptors (Lipinski definition) is 1. The van der Waals surface area contributed by atoms with Gasteiger partial charge in [-0.3, -0.25) is 4.57 Å². The van der Waals surface area contributed by atoms with E-state index in [1.54, 1.807) is 0 Å². The minimum atomic E-state index is 0.859. The molecular weight excluding hydrogens is 448 g/mol. The van der Waals surface area contributed by atoms with Gasteiger partial charge < -0.3 is 0 Å². The van der Waals surface area contributed by atoms with E-state index in [0.717, 1.165) is 23.3 Å². The smallest absolute Gasteiger partial charge is 0.114 e. The summed E-state index contributed by atoms with van der Waals surface area (Å²) < 4.78 is 2.37. The van der Waals surface area contributed by atoms with Crippen molar-refractivity contribution < 1.29 is 0 Å². The molecule has 0 unspecified atom stereocenters. The molecule has 0 amide bonds. The monoisotopic (exact) mass is 472 g/mol. The minimum absolute atomic E-state index is 0.859.